The fourth-order valence-electron chi connectivity index (χ4n) is 0.863. The van der Waals surface area contributed by atoms with E-state index >= 15 is 0 Å². The van der Waals surface area contributed by atoms with Crippen LogP contribution in [0.1, 0.15) is 23.4 Å². The van der Waals surface area contributed by atoms with Crippen molar-refractivity contribution in [2.45, 2.75) is 13.0 Å². The van der Waals surface area contributed by atoms with Gasteiger partial charge in [-0.05, 0) is 20.0 Å². The van der Waals surface area contributed by atoms with Crippen LogP contribution < -0.4 is 11.1 Å². The van der Waals surface area contributed by atoms with E-state index in [1.165, 1.54) is 4.88 Å². The Morgan fingerprint density at radius 2 is 2.42 bits per heavy atom. The largest absolute Gasteiger partial charge is 0.384 e. The molecule has 66 valence electrons. The molecule has 4 N–H and O–H groups in total. The quantitative estimate of drug-likeness (QED) is 0.489. The van der Waals surface area contributed by atoms with E-state index in [2.05, 4.69) is 12.2 Å². The van der Waals surface area contributed by atoms with Gasteiger partial charge in [0, 0.05) is 21.9 Å². The number of thiophene rings is 1. The molecule has 1 aromatic heterocycles. The third-order valence-electron chi connectivity index (χ3n) is 1.79. The van der Waals surface area contributed by atoms with Crippen LogP contribution in [0.25, 0.3) is 0 Å². The van der Waals surface area contributed by atoms with E-state index in [4.69, 9.17) is 11.1 Å². The lowest BCUT2D eigenvalue weighted by Crippen LogP contribution is -2.12. The van der Waals surface area contributed by atoms with Crippen LogP contribution >= 0.6 is 11.3 Å². The number of nitrogens with two attached hydrogens (primary N) is 1. The van der Waals surface area contributed by atoms with E-state index in [9.17, 15) is 0 Å². The van der Waals surface area contributed by atoms with Crippen LogP contribution in [-0.2, 0) is 0 Å². The maximum absolute atomic E-state index is 7.21. The average Bonchev–Trinajstić information content (AvgIpc) is 2.51. The highest BCUT2D eigenvalue weighted by Gasteiger charge is 2.06. The summed E-state index contributed by atoms with van der Waals surface area (Å²) in [6.45, 7) is 2.08. The summed E-state index contributed by atoms with van der Waals surface area (Å²) in [5, 5.41) is 12.3. The summed E-state index contributed by atoms with van der Waals surface area (Å²) in [4.78, 5) is 1.21. The maximum Gasteiger partial charge on any atom is 0.123 e. The number of rotatable bonds is 3. The van der Waals surface area contributed by atoms with Crippen molar-refractivity contribution < 1.29 is 0 Å². The van der Waals surface area contributed by atoms with Crippen molar-refractivity contribution in [3.63, 3.8) is 0 Å². The minimum Gasteiger partial charge on any atom is -0.384 e. The van der Waals surface area contributed by atoms with E-state index in [1.54, 1.807) is 11.3 Å². The maximum atomic E-state index is 7.21. The molecular formula is C8H13N3S. The van der Waals surface area contributed by atoms with Crippen LogP contribution in [0.4, 0.5) is 0 Å². The third-order valence-corrected chi connectivity index (χ3v) is 2.91. The van der Waals surface area contributed by atoms with Crippen LogP contribution in [0, 0.1) is 5.41 Å². The summed E-state index contributed by atoms with van der Waals surface area (Å²) in [7, 11) is 1.91. The van der Waals surface area contributed by atoms with Gasteiger partial charge in [-0.25, -0.2) is 0 Å². The number of hydrogen-bond donors (Lipinski definition) is 3. The Labute approximate surface area is 76.1 Å². The molecule has 12 heavy (non-hydrogen) atoms. The number of nitrogen functional groups attached to an aromatic ring is 1. The first-order chi connectivity index (χ1) is 5.65. The Balaban J connectivity index is 2.84. The molecule has 0 bridgehead atoms. The lowest BCUT2D eigenvalue weighted by molar-refractivity contribution is 0.664. The van der Waals surface area contributed by atoms with Gasteiger partial charge in [-0.1, -0.05) is 0 Å². The van der Waals surface area contributed by atoms with E-state index in [1.807, 2.05) is 18.5 Å². The predicted octanol–water partition coefficient (Wildman–Crippen LogP) is 1.31. The summed E-state index contributed by atoms with van der Waals surface area (Å²) >= 11 is 1.63. The van der Waals surface area contributed by atoms with Crippen molar-refractivity contribution in [1.82, 2.24) is 5.32 Å². The predicted molar refractivity (Wildman–Crippen MR) is 52.8 cm³/mol. The molecule has 0 spiro atoms. The van der Waals surface area contributed by atoms with Crippen molar-refractivity contribution in [2.75, 3.05) is 7.05 Å². The van der Waals surface area contributed by atoms with Crippen molar-refractivity contribution >= 4 is 17.2 Å². The highest BCUT2D eigenvalue weighted by molar-refractivity contribution is 7.10. The molecule has 0 unspecified atom stereocenters. The Hall–Kier alpha value is -0.870. The smallest absolute Gasteiger partial charge is 0.123 e. The normalized spacial score (nSPS) is 12.8. The number of hydrogen-bond acceptors (Lipinski definition) is 3. The van der Waals surface area contributed by atoms with E-state index in [0.29, 0.717) is 6.04 Å². The summed E-state index contributed by atoms with van der Waals surface area (Å²) < 4.78 is 0. The zero-order valence-electron chi connectivity index (χ0n) is 7.22. The van der Waals surface area contributed by atoms with E-state index in [-0.39, 0.29) is 5.84 Å². The summed E-state index contributed by atoms with van der Waals surface area (Å²) in [6.07, 6.45) is 0. The molecule has 1 rings (SSSR count). The van der Waals surface area contributed by atoms with Crippen molar-refractivity contribution in [2.24, 2.45) is 5.73 Å². The van der Waals surface area contributed by atoms with Crippen LogP contribution in [-0.4, -0.2) is 12.9 Å². The Bertz CT molecular complexity index is 280. The molecule has 0 aliphatic carbocycles. The second-order valence-corrected chi connectivity index (χ2v) is 3.60. The zero-order chi connectivity index (χ0) is 9.14. The molecule has 0 aliphatic rings. The fraction of sp³-hybridized carbons (Fsp3) is 0.375. The third kappa shape index (κ3) is 1.84. The van der Waals surface area contributed by atoms with Gasteiger partial charge in [0.25, 0.3) is 0 Å². The summed E-state index contributed by atoms with van der Waals surface area (Å²) in [6, 6.07) is 2.29. The number of amidine groups is 1. The monoisotopic (exact) mass is 183 g/mol. The van der Waals surface area contributed by atoms with Crippen LogP contribution in [0.5, 0.6) is 0 Å². The molecule has 1 aromatic rings. The molecule has 0 aromatic carbocycles. The molecule has 0 radical (unpaired) electrons. The average molecular weight is 183 g/mol. The van der Waals surface area contributed by atoms with Gasteiger partial charge in [0.2, 0.25) is 0 Å². The number of nitrogens with one attached hydrogen (secondary N) is 2. The Morgan fingerprint density at radius 1 is 1.75 bits per heavy atom. The Kier molecular flexibility index (Phi) is 2.83. The van der Waals surface area contributed by atoms with Gasteiger partial charge in [-0.15, -0.1) is 11.3 Å². The van der Waals surface area contributed by atoms with Crippen LogP contribution in [0.3, 0.4) is 0 Å². The lowest BCUT2D eigenvalue weighted by Gasteiger charge is -2.05. The van der Waals surface area contributed by atoms with Gasteiger partial charge in [-0.3, -0.25) is 5.41 Å². The molecule has 0 saturated heterocycles. The van der Waals surface area contributed by atoms with Crippen LogP contribution in [0.2, 0.25) is 0 Å². The highest BCUT2D eigenvalue weighted by atomic mass is 32.1. The Morgan fingerprint density at radius 3 is 2.83 bits per heavy atom. The molecule has 0 amide bonds. The van der Waals surface area contributed by atoms with Gasteiger partial charge in [-0.2, -0.15) is 0 Å². The van der Waals surface area contributed by atoms with Crippen molar-refractivity contribution in [3.8, 4) is 0 Å². The molecule has 3 nitrogen and oxygen atoms in total. The second-order valence-electron chi connectivity index (χ2n) is 2.66. The van der Waals surface area contributed by atoms with Gasteiger partial charge < -0.3 is 11.1 Å². The van der Waals surface area contributed by atoms with Crippen LogP contribution in [0.15, 0.2) is 11.4 Å². The molecule has 1 heterocycles. The first kappa shape index (κ1) is 9.22. The molecule has 1 atom stereocenters. The minimum absolute atomic E-state index is 0.140. The molecule has 0 aliphatic heterocycles. The molecule has 0 fully saturated rings. The first-order valence-electron chi connectivity index (χ1n) is 3.75. The van der Waals surface area contributed by atoms with Gasteiger partial charge >= 0.3 is 0 Å². The highest BCUT2D eigenvalue weighted by Crippen LogP contribution is 2.20. The molecule has 4 heteroatoms. The van der Waals surface area contributed by atoms with E-state index in [0.717, 1.165) is 5.56 Å². The van der Waals surface area contributed by atoms with Crippen molar-refractivity contribution in [3.05, 3.63) is 21.9 Å². The summed E-state index contributed by atoms with van der Waals surface area (Å²) in [5.74, 6) is 0.140. The zero-order valence-corrected chi connectivity index (χ0v) is 8.03. The molecule has 0 saturated carbocycles. The standard InChI is InChI=1S/C8H13N3S/c1-5(11-2)7-3-6(4-12-7)8(9)10/h3-5,11H,1-2H3,(H3,9,10)/t5-/m1/s1. The second kappa shape index (κ2) is 3.69. The first-order valence-corrected chi connectivity index (χ1v) is 4.63. The van der Waals surface area contributed by atoms with E-state index < -0.39 is 0 Å². The van der Waals surface area contributed by atoms with Crippen molar-refractivity contribution in [1.29, 1.82) is 5.41 Å². The van der Waals surface area contributed by atoms with Gasteiger partial charge in [0.1, 0.15) is 5.84 Å². The minimum atomic E-state index is 0.140. The fourth-order valence-corrected chi connectivity index (χ4v) is 1.84. The molecular weight excluding hydrogens is 170 g/mol. The SMILES string of the molecule is CN[C@H](C)c1cc(C(=N)N)cs1. The van der Waals surface area contributed by atoms with Gasteiger partial charge in [0.05, 0.1) is 0 Å². The van der Waals surface area contributed by atoms with Gasteiger partial charge in [0.15, 0.2) is 0 Å². The topological polar surface area (TPSA) is 61.9 Å². The lowest BCUT2D eigenvalue weighted by atomic mass is 10.2. The summed E-state index contributed by atoms with van der Waals surface area (Å²) in [5.41, 5.74) is 6.15.